The van der Waals surface area contributed by atoms with Gasteiger partial charge in [0.25, 0.3) is 5.69 Å². The number of rotatable bonds is 10. The molecule has 0 N–H and O–H groups in total. The minimum absolute atomic E-state index is 0.0141. The summed E-state index contributed by atoms with van der Waals surface area (Å²) in [4.78, 5) is 15.7. The Labute approximate surface area is 204 Å². The summed E-state index contributed by atoms with van der Waals surface area (Å²) in [5.74, 6) is 1.26. The van der Waals surface area contributed by atoms with Crippen LogP contribution in [0.3, 0.4) is 0 Å². The molecule has 32 heavy (non-hydrogen) atoms. The van der Waals surface area contributed by atoms with Crippen molar-refractivity contribution in [2.24, 2.45) is 5.16 Å². The van der Waals surface area contributed by atoms with E-state index in [9.17, 15) is 10.1 Å². The molecule has 0 fully saturated rings. The predicted octanol–water partition coefficient (Wildman–Crippen LogP) is 6.38. The standard InChI is InChI=1S/C23H20ClIN2O5/c1-2-30-22-12-18(13-26-32-15-17-4-3-5-20(10-17)27(28)29)11-21(25)23(22)31-14-16-6-8-19(24)9-7-16/h3-13H,2,14-15H2,1H3/b26-13-. The van der Waals surface area contributed by atoms with Gasteiger partial charge in [-0.25, -0.2) is 0 Å². The van der Waals surface area contributed by atoms with Gasteiger partial charge >= 0.3 is 0 Å². The fourth-order valence-corrected chi connectivity index (χ4v) is 3.68. The Morgan fingerprint density at radius 3 is 2.56 bits per heavy atom. The number of halogens is 2. The first kappa shape index (κ1) is 23.8. The number of nitrogens with zero attached hydrogens (tertiary/aromatic N) is 2. The van der Waals surface area contributed by atoms with E-state index in [0.717, 1.165) is 14.7 Å². The van der Waals surface area contributed by atoms with Crippen LogP contribution in [-0.2, 0) is 18.1 Å². The maximum atomic E-state index is 10.9. The lowest BCUT2D eigenvalue weighted by Gasteiger charge is -2.14. The van der Waals surface area contributed by atoms with Gasteiger partial charge < -0.3 is 14.3 Å². The summed E-state index contributed by atoms with van der Waals surface area (Å²) in [5.41, 5.74) is 2.44. The van der Waals surface area contributed by atoms with Crippen LogP contribution in [0.5, 0.6) is 11.5 Å². The van der Waals surface area contributed by atoms with Crippen molar-refractivity contribution < 1.29 is 19.2 Å². The number of benzene rings is 3. The molecule has 166 valence electrons. The van der Waals surface area contributed by atoms with E-state index in [4.69, 9.17) is 25.9 Å². The topological polar surface area (TPSA) is 83.2 Å². The first-order valence-corrected chi connectivity index (χ1v) is 11.1. The third kappa shape index (κ3) is 6.83. The maximum Gasteiger partial charge on any atom is 0.269 e. The Morgan fingerprint density at radius 1 is 1.06 bits per heavy atom. The Morgan fingerprint density at radius 2 is 1.84 bits per heavy atom. The molecule has 0 spiro atoms. The molecule has 0 saturated heterocycles. The van der Waals surface area contributed by atoms with Crippen molar-refractivity contribution in [1.82, 2.24) is 0 Å². The van der Waals surface area contributed by atoms with Crippen LogP contribution in [0.15, 0.2) is 65.8 Å². The second-order valence-electron chi connectivity index (χ2n) is 6.61. The summed E-state index contributed by atoms with van der Waals surface area (Å²) in [7, 11) is 0. The van der Waals surface area contributed by atoms with Gasteiger partial charge in [-0.05, 0) is 64.9 Å². The molecule has 0 bridgehead atoms. The molecule has 3 aromatic carbocycles. The van der Waals surface area contributed by atoms with E-state index < -0.39 is 4.92 Å². The van der Waals surface area contributed by atoms with Crippen LogP contribution in [0.4, 0.5) is 5.69 Å². The Balaban J connectivity index is 1.67. The highest BCUT2D eigenvalue weighted by Crippen LogP contribution is 2.34. The predicted molar refractivity (Wildman–Crippen MR) is 132 cm³/mol. The molecular formula is C23H20ClIN2O5. The summed E-state index contributed by atoms with van der Waals surface area (Å²) >= 11 is 8.12. The minimum atomic E-state index is -0.444. The minimum Gasteiger partial charge on any atom is -0.490 e. The van der Waals surface area contributed by atoms with E-state index in [1.165, 1.54) is 12.1 Å². The van der Waals surface area contributed by atoms with Gasteiger partial charge in [-0.2, -0.15) is 0 Å². The molecule has 0 amide bonds. The summed E-state index contributed by atoms with van der Waals surface area (Å²) in [5, 5.41) is 15.5. The average molecular weight is 567 g/mol. The van der Waals surface area contributed by atoms with Gasteiger partial charge in [0.1, 0.15) is 13.2 Å². The summed E-state index contributed by atoms with van der Waals surface area (Å²) in [6.07, 6.45) is 1.56. The molecule has 0 aliphatic heterocycles. The molecule has 0 saturated carbocycles. The molecule has 0 aliphatic carbocycles. The number of hydrogen-bond donors (Lipinski definition) is 0. The SMILES string of the molecule is CCOc1cc(/C=N\OCc2cccc([N+](=O)[O-])c2)cc(I)c1OCc1ccc(Cl)cc1. The van der Waals surface area contributed by atoms with Gasteiger partial charge in [0.05, 0.1) is 21.3 Å². The summed E-state index contributed by atoms with van der Waals surface area (Å²) < 4.78 is 12.6. The van der Waals surface area contributed by atoms with Gasteiger partial charge in [-0.3, -0.25) is 10.1 Å². The van der Waals surface area contributed by atoms with Gasteiger partial charge in [-0.1, -0.05) is 41.0 Å². The zero-order valence-electron chi connectivity index (χ0n) is 17.2. The van der Waals surface area contributed by atoms with Crippen LogP contribution >= 0.6 is 34.2 Å². The van der Waals surface area contributed by atoms with E-state index in [1.807, 2.05) is 43.3 Å². The van der Waals surface area contributed by atoms with E-state index in [-0.39, 0.29) is 12.3 Å². The second-order valence-corrected chi connectivity index (χ2v) is 8.21. The van der Waals surface area contributed by atoms with Crippen LogP contribution in [-0.4, -0.2) is 17.7 Å². The van der Waals surface area contributed by atoms with Gasteiger partial charge in [0.2, 0.25) is 0 Å². The molecule has 0 unspecified atom stereocenters. The van der Waals surface area contributed by atoms with Crippen molar-refractivity contribution in [3.8, 4) is 11.5 Å². The first-order chi connectivity index (χ1) is 15.5. The van der Waals surface area contributed by atoms with E-state index >= 15 is 0 Å². The van der Waals surface area contributed by atoms with E-state index in [1.54, 1.807) is 18.3 Å². The number of ether oxygens (including phenoxy) is 2. The average Bonchev–Trinajstić information content (AvgIpc) is 2.78. The Bertz CT molecular complexity index is 1110. The number of non-ortho nitro benzene ring substituents is 1. The highest BCUT2D eigenvalue weighted by molar-refractivity contribution is 14.1. The van der Waals surface area contributed by atoms with Gasteiger partial charge in [-0.15, -0.1) is 0 Å². The van der Waals surface area contributed by atoms with E-state index in [2.05, 4.69) is 27.7 Å². The second kappa shape index (κ2) is 11.7. The summed E-state index contributed by atoms with van der Waals surface area (Å²) in [6, 6.07) is 17.4. The number of nitro benzene ring substituents is 1. The molecule has 3 aromatic rings. The third-order valence-corrected chi connectivity index (χ3v) is 5.31. The molecule has 0 atom stereocenters. The molecule has 0 aromatic heterocycles. The monoisotopic (exact) mass is 566 g/mol. The number of hydrogen-bond acceptors (Lipinski definition) is 6. The Hall–Kier alpha value is -2.85. The fraction of sp³-hybridized carbons (Fsp3) is 0.174. The smallest absolute Gasteiger partial charge is 0.269 e. The largest absolute Gasteiger partial charge is 0.490 e. The first-order valence-electron chi connectivity index (χ1n) is 9.68. The molecule has 0 heterocycles. The maximum absolute atomic E-state index is 10.9. The van der Waals surface area contributed by atoms with Crippen LogP contribution in [0.1, 0.15) is 23.6 Å². The van der Waals surface area contributed by atoms with Gasteiger partial charge in [0.15, 0.2) is 11.5 Å². The van der Waals surface area contributed by atoms with E-state index in [0.29, 0.717) is 35.3 Å². The van der Waals surface area contributed by atoms with Crippen molar-refractivity contribution in [3.63, 3.8) is 0 Å². The van der Waals surface area contributed by atoms with Crippen molar-refractivity contribution in [2.75, 3.05) is 6.61 Å². The molecule has 0 aliphatic rings. The van der Waals surface area contributed by atoms with Crippen molar-refractivity contribution in [2.45, 2.75) is 20.1 Å². The van der Waals surface area contributed by atoms with Crippen molar-refractivity contribution >= 4 is 46.1 Å². The van der Waals surface area contributed by atoms with Crippen molar-refractivity contribution in [1.29, 1.82) is 0 Å². The third-order valence-electron chi connectivity index (χ3n) is 4.26. The molecule has 3 rings (SSSR count). The molecular weight excluding hydrogens is 547 g/mol. The lowest BCUT2D eigenvalue weighted by molar-refractivity contribution is -0.384. The highest BCUT2D eigenvalue weighted by Gasteiger charge is 2.12. The zero-order valence-corrected chi connectivity index (χ0v) is 20.1. The van der Waals surface area contributed by atoms with Crippen molar-refractivity contribution in [3.05, 3.63) is 96.1 Å². The highest BCUT2D eigenvalue weighted by atomic mass is 127. The lowest BCUT2D eigenvalue weighted by Crippen LogP contribution is -2.02. The fourth-order valence-electron chi connectivity index (χ4n) is 2.77. The normalized spacial score (nSPS) is 10.8. The summed E-state index contributed by atoms with van der Waals surface area (Å²) in [6.45, 7) is 2.89. The number of oxime groups is 1. The van der Waals surface area contributed by atoms with Crippen LogP contribution < -0.4 is 9.47 Å². The zero-order chi connectivity index (χ0) is 22.9. The Kier molecular flexibility index (Phi) is 8.69. The lowest BCUT2D eigenvalue weighted by atomic mass is 10.2. The van der Waals surface area contributed by atoms with Crippen LogP contribution in [0.25, 0.3) is 0 Å². The van der Waals surface area contributed by atoms with Crippen LogP contribution in [0, 0.1) is 13.7 Å². The molecule has 9 heteroatoms. The van der Waals surface area contributed by atoms with Crippen LogP contribution in [0.2, 0.25) is 5.02 Å². The molecule has 7 nitrogen and oxygen atoms in total. The quantitative estimate of drug-likeness (QED) is 0.123. The number of nitro groups is 1. The van der Waals surface area contributed by atoms with Gasteiger partial charge in [0, 0.05) is 22.7 Å². The molecule has 0 radical (unpaired) electrons.